The van der Waals surface area contributed by atoms with E-state index in [0.29, 0.717) is 0 Å². The molecule has 0 bridgehead atoms. The first-order valence-electron chi connectivity index (χ1n) is 3.98. The molecule has 0 aromatic carbocycles. The third kappa shape index (κ3) is 3.96. The molecule has 2 aromatic rings. The van der Waals surface area contributed by atoms with Crippen molar-refractivity contribution in [2.45, 2.75) is 6.92 Å². The number of aromatic amines is 1. The zero-order chi connectivity index (χ0) is 9.52. The Balaban J connectivity index is 0.000000132. The van der Waals surface area contributed by atoms with E-state index in [1.54, 1.807) is 24.7 Å². The third-order valence-corrected chi connectivity index (χ3v) is 1.38. The lowest BCUT2D eigenvalue weighted by molar-refractivity contribution is 0.457. The summed E-state index contributed by atoms with van der Waals surface area (Å²) in [4.78, 5) is 6.41. The van der Waals surface area contributed by atoms with Crippen molar-refractivity contribution < 1.29 is 5.11 Å². The molecule has 0 amide bonds. The Hall–Kier alpha value is -1.77. The zero-order valence-electron chi connectivity index (χ0n) is 7.44. The molecular weight excluding hydrogens is 164 g/mol. The highest BCUT2D eigenvalue weighted by Crippen LogP contribution is 2.05. The van der Waals surface area contributed by atoms with E-state index < -0.39 is 0 Å². The molecule has 0 aliphatic carbocycles. The maximum absolute atomic E-state index is 8.60. The molecule has 0 unspecified atom stereocenters. The molecule has 0 saturated carbocycles. The van der Waals surface area contributed by atoms with E-state index in [1.807, 2.05) is 25.1 Å². The summed E-state index contributed by atoms with van der Waals surface area (Å²) in [5.41, 5.74) is 1.05. The van der Waals surface area contributed by atoms with Gasteiger partial charge in [-0.2, -0.15) is 0 Å². The number of nitrogens with zero attached hydrogens (tertiary/aromatic N) is 1. The van der Waals surface area contributed by atoms with Gasteiger partial charge in [-0.05, 0) is 24.6 Å². The van der Waals surface area contributed by atoms with Crippen LogP contribution in [0.15, 0.2) is 42.9 Å². The summed E-state index contributed by atoms with van der Waals surface area (Å²) in [5, 5.41) is 8.60. The Bertz CT molecular complexity index is 286. The van der Waals surface area contributed by atoms with Crippen molar-refractivity contribution in [2.24, 2.45) is 0 Å². The van der Waals surface area contributed by atoms with Crippen LogP contribution in [0.1, 0.15) is 5.56 Å². The number of aryl methyl sites for hydroxylation is 1. The van der Waals surface area contributed by atoms with Crippen molar-refractivity contribution in [1.29, 1.82) is 0 Å². The maximum atomic E-state index is 8.60. The fourth-order valence-corrected chi connectivity index (χ4v) is 0.799. The van der Waals surface area contributed by atoms with Gasteiger partial charge in [-0.25, -0.2) is 0 Å². The number of H-pyrrole nitrogens is 1. The number of hydrogen-bond donors (Lipinski definition) is 2. The molecule has 0 aliphatic rings. The van der Waals surface area contributed by atoms with E-state index in [0.717, 1.165) is 5.56 Å². The molecule has 3 heteroatoms. The smallest absolute Gasteiger partial charge is 0.188 e. The van der Waals surface area contributed by atoms with E-state index in [-0.39, 0.29) is 5.88 Å². The fourth-order valence-electron chi connectivity index (χ4n) is 0.799. The molecule has 2 N–H and O–H groups in total. The highest BCUT2D eigenvalue weighted by molar-refractivity contribution is 5.17. The van der Waals surface area contributed by atoms with E-state index in [2.05, 4.69) is 9.97 Å². The van der Waals surface area contributed by atoms with Gasteiger partial charge in [-0.3, -0.25) is 4.98 Å². The topological polar surface area (TPSA) is 48.9 Å². The standard InChI is InChI=1S/C5H7NO.C5H5N/c1-4-2-5(7)6-3-4;1-2-4-6-5-3-1/h2-3,6-7H,1H3;1-5H. The van der Waals surface area contributed by atoms with Gasteiger partial charge in [0.25, 0.3) is 0 Å². The van der Waals surface area contributed by atoms with Crippen LogP contribution in [0.25, 0.3) is 0 Å². The van der Waals surface area contributed by atoms with Crippen molar-refractivity contribution in [3.8, 4) is 5.88 Å². The monoisotopic (exact) mass is 176 g/mol. The SMILES string of the molecule is Cc1c[nH]c(O)c1.c1ccncc1. The molecule has 3 nitrogen and oxygen atoms in total. The Morgan fingerprint density at radius 1 is 1.23 bits per heavy atom. The summed E-state index contributed by atoms with van der Waals surface area (Å²) in [5.74, 6) is 0.234. The summed E-state index contributed by atoms with van der Waals surface area (Å²) in [6.45, 7) is 1.91. The largest absolute Gasteiger partial charge is 0.495 e. The highest BCUT2D eigenvalue weighted by atomic mass is 16.3. The van der Waals surface area contributed by atoms with Crippen LogP contribution in [0.2, 0.25) is 0 Å². The maximum Gasteiger partial charge on any atom is 0.188 e. The summed E-state index contributed by atoms with van der Waals surface area (Å²) in [6.07, 6.45) is 5.25. The van der Waals surface area contributed by atoms with Crippen LogP contribution in [0.5, 0.6) is 5.88 Å². The summed E-state index contributed by atoms with van der Waals surface area (Å²) in [7, 11) is 0. The minimum Gasteiger partial charge on any atom is -0.495 e. The van der Waals surface area contributed by atoms with Crippen molar-refractivity contribution in [3.05, 3.63) is 48.4 Å². The zero-order valence-corrected chi connectivity index (χ0v) is 7.44. The molecule has 13 heavy (non-hydrogen) atoms. The van der Waals surface area contributed by atoms with E-state index >= 15 is 0 Å². The Labute approximate surface area is 77.1 Å². The minimum atomic E-state index is 0.234. The summed E-state index contributed by atoms with van der Waals surface area (Å²) < 4.78 is 0. The van der Waals surface area contributed by atoms with E-state index in [9.17, 15) is 0 Å². The van der Waals surface area contributed by atoms with Crippen molar-refractivity contribution >= 4 is 0 Å². The van der Waals surface area contributed by atoms with Crippen LogP contribution in [0.4, 0.5) is 0 Å². The molecule has 0 spiro atoms. The van der Waals surface area contributed by atoms with E-state index in [1.165, 1.54) is 0 Å². The Morgan fingerprint density at radius 3 is 2.08 bits per heavy atom. The molecule has 68 valence electrons. The van der Waals surface area contributed by atoms with Crippen LogP contribution in [0, 0.1) is 6.92 Å². The second-order valence-corrected chi connectivity index (χ2v) is 2.59. The lowest BCUT2D eigenvalue weighted by atomic mass is 10.4. The van der Waals surface area contributed by atoms with Gasteiger partial charge in [-0.15, -0.1) is 0 Å². The quantitative estimate of drug-likeness (QED) is 0.645. The average Bonchev–Trinajstić information content (AvgIpc) is 2.54. The van der Waals surface area contributed by atoms with Crippen molar-refractivity contribution in [1.82, 2.24) is 9.97 Å². The molecule has 2 rings (SSSR count). The molecule has 0 atom stereocenters. The van der Waals surface area contributed by atoms with Gasteiger partial charge in [0.1, 0.15) is 0 Å². The van der Waals surface area contributed by atoms with Gasteiger partial charge in [0.15, 0.2) is 5.88 Å². The van der Waals surface area contributed by atoms with Gasteiger partial charge < -0.3 is 10.1 Å². The van der Waals surface area contributed by atoms with Crippen LogP contribution in [-0.2, 0) is 0 Å². The molecule has 0 radical (unpaired) electrons. The highest BCUT2D eigenvalue weighted by Gasteiger charge is 1.85. The van der Waals surface area contributed by atoms with Gasteiger partial charge >= 0.3 is 0 Å². The third-order valence-electron chi connectivity index (χ3n) is 1.38. The number of aromatic nitrogens is 2. The van der Waals surface area contributed by atoms with Crippen molar-refractivity contribution in [2.75, 3.05) is 0 Å². The first kappa shape index (κ1) is 9.32. The first-order valence-corrected chi connectivity index (χ1v) is 3.98. The number of nitrogens with one attached hydrogen (secondary N) is 1. The summed E-state index contributed by atoms with van der Waals surface area (Å²) in [6, 6.07) is 7.38. The average molecular weight is 176 g/mol. The van der Waals surface area contributed by atoms with Crippen molar-refractivity contribution in [3.63, 3.8) is 0 Å². The Morgan fingerprint density at radius 2 is 1.92 bits per heavy atom. The van der Waals surface area contributed by atoms with Gasteiger partial charge in [0, 0.05) is 24.7 Å². The van der Waals surface area contributed by atoms with Gasteiger partial charge in [0.2, 0.25) is 0 Å². The van der Waals surface area contributed by atoms with Crippen LogP contribution < -0.4 is 0 Å². The first-order chi connectivity index (χ1) is 6.29. The molecule has 0 aliphatic heterocycles. The molecule has 0 saturated heterocycles. The number of aromatic hydroxyl groups is 1. The predicted octanol–water partition coefficient (Wildman–Crippen LogP) is 2.11. The van der Waals surface area contributed by atoms with Crippen LogP contribution >= 0.6 is 0 Å². The minimum absolute atomic E-state index is 0.234. The van der Waals surface area contributed by atoms with Gasteiger partial charge in [-0.1, -0.05) is 6.07 Å². The van der Waals surface area contributed by atoms with Crippen LogP contribution in [-0.4, -0.2) is 15.1 Å². The second kappa shape index (κ2) is 4.98. The molecular formula is C10H12N2O. The molecule has 2 aromatic heterocycles. The van der Waals surface area contributed by atoms with Crippen LogP contribution in [0.3, 0.4) is 0 Å². The Kier molecular flexibility index (Phi) is 3.57. The predicted molar refractivity (Wildman–Crippen MR) is 51.4 cm³/mol. The molecule has 2 heterocycles. The second-order valence-electron chi connectivity index (χ2n) is 2.59. The summed E-state index contributed by atoms with van der Waals surface area (Å²) >= 11 is 0. The fraction of sp³-hybridized carbons (Fsp3) is 0.100. The number of hydrogen-bond acceptors (Lipinski definition) is 2. The lowest BCUT2D eigenvalue weighted by Gasteiger charge is -1.72. The molecule has 0 fully saturated rings. The number of rotatable bonds is 0. The lowest BCUT2D eigenvalue weighted by Crippen LogP contribution is -1.58. The number of pyridine rings is 1. The normalized spacial score (nSPS) is 8.69. The van der Waals surface area contributed by atoms with E-state index in [4.69, 9.17) is 5.11 Å². The van der Waals surface area contributed by atoms with Gasteiger partial charge in [0.05, 0.1) is 0 Å².